The third-order valence-electron chi connectivity index (χ3n) is 8.91. The standard InChI is InChI=1S/C44H55N3O16SSi/c1-40(2,3)60-36(48)45(37(49)61-41(4,5)6)35-32(59-39(51)62-42(7,8)9)27-44(63-65(14,15)43(10,11)12)24-19-17-16-18-20-31(58-38(50)56-13)34(35)29(44)23-25-57-64-33-22-21-28(46(52)53)26-30(33)47(54)55/h16-17,21-23,26-27,31H,25H2,1-15H3/b17-16-,29-23?/t31-,44-/m1/s1. The van der Waals surface area contributed by atoms with Gasteiger partial charge in [-0.1, -0.05) is 38.5 Å². The van der Waals surface area contributed by atoms with E-state index in [2.05, 4.69) is 23.7 Å². The number of imide groups is 1. The number of ether oxygens (including phenoxy) is 6. The van der Waals surface area contributed by atoms with Gasteiger partial charge in [0.1, 0.15) is 27.4 Å². The zero-order valence-corrected chi connectivity index (χ0v) is 40.9. The van der Waals surface area contributed by atoms with Crippen molar-refractivity contribution in [2.75, 3.05) is 13.7 Å². The van der Waals surface area contributed by atoms with Crippen LogP contribution in [0, 0.1) is 43.9 Å². The second-order valence-electron chi connectivity index (χ2n) is 18.7. The largest absolute Gasteiger partial charge is 0.514 e. The summed E-state index contributed by atoms with van der Waals surface area (Å²) in [6.45, 7) is 23.1. The summed E-state index contributed by atoms with van der Waals surface area (Å²) in [7, 11) is -2.06. The van der Waals surface area contributed by atoms with E-state index in [1.165, 1.54) is 24.3 Å². The summed E-state index contributed by atoms with van der Waals surface area (Å²) in [6, 6.07) is 2.99. The van der Waals surface area contributed by atoms with E-state index in [1.807, 2.05) is 33.9 Å². The van der Waals surface area contributed by atoms with Crippen molar-refractivity contribution in [2.45, 2.75) is 135 Å². The Morgan fingerprint density at radius 2 is 1.42 bits per heavy atom. The maximum Gasteiger partial charge on any atom is 0.514 e. The number of benzene rings is 1. The Balaban J connectivity index is 2.68. The number of amides is 2. The minimum absolute atomic E-state index is 0.0733. The molecule has 2 amide bonds. The van der Waals surface area contributed by atoms with Crippen molar-refractivity contribution in [1.29, 1.82) is 0 Å². The van der Waals surface area contributed by atoms with Gasteiger partial charge in [-0.05, 0) is 111 Å². The zero-order valence-electron chi connectivity index (χ0n) is 39.1. The average Bonchev–Trinajstić information content (AvgIpc) is 3.12. The number of carbonyl (C=O) groups is 4. The Kier molecular flexibility index (Phi) is 16.7. The predicted octanol–water partition coefficient (Wildman–Crippen LogP) is 10.2. The van der Waals surface area contributed by atoms with Crippen molar-refractivity contribution in [3.63, 3.8) is 0 Å². The monoisotopic (exact) mass is 941 g/mol. The molecule has 0 N–H and O–H groups in total. The number of nitro benzene ring substituents is 2. The summed E-state index contributed by atoms with van der Waals surface area (Å²) in [5, 5.41) is 22.8. The molecule has 2 bridgehead atoms. The van der Waals surface area contributed by atoms with Crippen LogP contribution in [0.25, 0.3) is 0 Å². The van der Waals surface area contributed by atoms with Crippen molar-refractivity contribution in [3.8, 4) is 23.7 Å². The Morgan fingerprint density at radius 1 is 0.846 bits per heavy atom. The van der Waals surface area contributed by atoms with E-state index in [0.717, 1.165) is 25.3 Å². The molecular weight excluding hydrogens is 887 g/mol. The van der Waals surface area contributed by atoms with Gasteiger partial charge < -0.3 is 37.0 Å². The van der Waals surface area contributed by atoms with Crippen LogP contribution in [-0.2, 0) is 37.0 Å². The second-order valence-corrected chi connectivity index (χ2v) is 24.3. The summed E-state index contributed by atoms with van der Waals surface area (Å²) >= 11 is 0.507. The van der Waals surface area contributed by atoms with Crippen molar-refractivity contribution in [2.24, 2.45) is 0 Å². The topological polar surface area (TPSA) is 232 Å². The van der Waals surface area contributed by atoms with Crippen molar-refractivity contribution >= 4 is 56.2 Å². The minimum Gasteiger partial charge on any atom is -0.443 e. The lowest BCUT2D eigenvalue weighted by atomic mass is 9.79. The molecule has 2 atom stereocenters. The predicted molar refractivity (Wildman–Crippen MR) is 239 cm³/mol. The molecule has 0 saturated heterocycles. The van der Waals surface area contributed by atoms with Crippen LogP contribution < -0.4 is 0 Å². The zero-order chi connectivity index (χ0) is 49.5. The van der Waals surface area contributed by atoms with E-state index in [1.54, 1.807) is 62.3 Å². The number of carbonyl (C=O) groups excluding carboxylic acids is 4. The molecule has 3 rings (SSSR count). The third-order valence-corrected chi connectivity index (χ3v) is 14.1. The van der Waals surface area contributed by atoms with Gasteiger partial charge in [0.25, 0.3) is 11.4 Å². The van der Waals surface area contributed by atoms with E-state index < -0.39 is 106 Å². The van der Waals surface area contributed by atoms with Crippen LogP contribution in [0.15, 0.2) is 70.0 Å². The van der Waals surface area contributed by atoms with Gasteiger partial charge in [-0.2, -0.15) is 4.90 Å². The van der Waals surface area contributed by atoms with E-state index in [4.69, 9.17) is 37.0 Å². The van der Waals surface area contributed by atoms with Gasteiger partial charge in [0, 0.05) is 35.3 Å². The molecule has 2 aliphatic rings. The minimum atomic E-state index is -3.10. The third kappa shape index (κ3) is 14.7. The molecule has 0 unspecified atom stereocenters. The van der Waals surface area contributed by atoms with Crippen molar-refractivity contribution in [1.82, 2.24) is 4.90 Å². The Labute approximate surface area is 383 Å². The molecule has 2 aliphatic carbocycles. The smallest absolute Gasteiger partial charge is 0.443 e. The Morgan fingerprint density at radius 3 is 1.92 bits per heavy atom. The molecule has 0 heterocycles. The van der Waals surface area contributed by atoms with Crippen LogP contribution in [-0.4, -0.2) is 89.8 Å². The van der Waals surface area contributed by atoms with Gasteiger partial charge in [-0.3, -0.25) is 20.2 Å². The Bertz CT molecular complexity index is 2310. The SMILES string of the molecule is COC(=O)O[C@@H]1C#C/C=C\C#C[C@@]2(O[Si](C)(C)C(C)(C)C)C=C(OC(=O)OC(C)(C)C)C(N(C(=O)OC(C)(C)C)C(=O)OC(C)(C)C)=C1C2=CCOSc1ccc([N+](=O)[O-])cc1[N+](=O)[O-]. The highest BCUT2D eigenvalue weighted by Gasteiger charge is 2.53. The lowest BCUT2D eigenvalue weighted by Crippen LogP contribution is -2.53. The average molecular weight is 942 g/mol. The van der Waals surface area contributed by atoms with Crippen molar-refractivity contribution in [3.05, 3.63) is 85.3 Å². The van der Waals surface area contributed by atoms with Crippen LogP contribution in [0.1, 0.15) is 83.1 Å². The molecule has 0 spiro atoms. The lowest BCUT2D eigenvalue weighted by Gasteiger charge is -2.46. The number of nitro groups is 2. The van der Waals surface area contributed by atoms with Crippen LogP contribution in [0.2, 0.25) is 18.1 Å². The van der Waals surface area contributed by atoms with Gasteiger partial charge in [-0.25, -0.2) is 19.2 Å². The van der Waals surface area contributed by atoms with Crippen molar-refractivity contribution < 1.29 is 66.1 Å². The first-order valence-electron chi connectivity index (χ1n) is 19.9. The molecule has 21 heteroatoms. The normalized spacial score (nSPS) is 18.6. The molecular formula is C44H55N3O16SSi. The molecule has 352 valence electrons. The Hall–Kier alpha value is -6.13. The molecule has 0 saturated carbocycles. The van der Waals surface area contributed by atoms with E-state index >= 15 is 0 Å². The van der Waals surface area contributed by atoms with Crippen LogP contribution >= 0.6 is 12.0 Å². The van der Waals surface area contributed by atoms with Crippen LogP contribution in [0.5, 0.6) is 0 Å². The number of non-ortho nitro benzene ring substituents is 1. The number of rotatable bonds is 11. The first-order valence-corrected chi connectivity index (χ1v) is 23.6. The molecule has 0 radical (unpaired) electrons. The maximum atomic E-state index is 14.6. The number of hydrogen-bond donors (Lipinski definition) is 0. The number of allylic oxidation sites excluding steroid dienone is 2. The number of nitrogens with zero attached hydrogens (tertiary/aromatic N) is 3. The fraction of sp³-hybridized carbons (Fsp3) is 0.500. The summed E-state index contributed by atoms with van der Waals surface area (Å²) in [5.74, 6) is 11.0. The van der Waals surface area contributed by atoms with Gasteiger partial charge in [0.15, 0.2) is 25.8 Å². The van der Waals surface area contributed by atoms with Crippen LogP contribution in [0.4, 0.5) is 30.6 Å². The second kappa shape index (κ2) is 20.4. The van der Waals surface area contributed by atoms with Gasteiger partial charge in [0.05, 0.1) is 29.6 Å². The summed E-state index contributed by atoms with van der Waals surface area (Å²) in [6.07, 6.45) is -1.71. The first-order chi connectivity index (χ1) is 29.7. The van der Waals surface area contributed by atoms with E-state index in [-0.39, 0.29) is 16.0 Å². The number of hydrogen-bond acceptors (Lipinski definition) is 17. The fourth-order valence-electron chi connectivity index (χ4n) is 5.34. The molecule has 65 heavy (non-hydrogen) atoms. The molecule has 1 aromatic rings. The van der Waals surface area contributed by atoms with E-state index in [0.29, 0.717) is 16.9 Å². The summed E-state index contributed by atoms with van der Waals surface area (Å²) < 4.78 is 46.8. The highest BCUT2D eigenvalue weighted by atomic mass is 32.2. The molecule has 1 aromatic carbocycles. The molecule has 19 nitrogen and oxygen atoms in total. The first kappa shape index (κ1) is 53.2. The summed E-state index contributed by atoms with van der Waals surface area (Å²) in [4.78, 5) is 78.3. The van der Waals surface area contributed by atoms with E-state index in [9.17, 15) is 39.4 Å². The molecule has 0 aliphatic heterocycles. The van der Waals surface area contributed by atoms with Gasteiger partial charge in [-0.15, -0.1) is 0 Å². The quantitative estimate of drug-likeness (QED) is 0.0293. The van der Waals surface area contributed by atoms with Crippen LogP contribution in [0.3, 0.4) is 0 Å². The molecule has 0 fully saturated rings. The lowest BCUT2D eigenvalue weighted by molar-refractivity contribution is -0.396. The van der Waals surface area contributed by atoms with Gasteiger partial charge >= 0.3 is 24.5 Å². The summed E-state index contributed by atoms with van der Waals surface area (Å²) in [5.41, 5.74) is -7.82. The maximum absolute atomic E-state index is 14.6. The van der Waals surface area contributed by atoms with Gasteiger partial charge in [0.2, 0.25) is 0 Å². The highest BCUT2D eigenvalue weighted by Crippen LogP contribution is 2.48. The molecule has 0 aromatic heterocycles. The number of methoxy groups -OCH3 is 1. The highest BCUT2D eigenvalue weighted by molar-refractivity contribution is 7.94. The fourth-order valence-corrected chi connectivity index (χ4v) is 7.27. The number of fused-ring (bicyclic) bond motifs is 2.